The summed E-state index contributed by atoms with van der Waals surface area (Å²) in [6.07, 6.45) is 0.869. The highest BCUT2D eigenvalue weighted by Gasteiger charge is 2.21. The maximum absolute atomic E-state index is 13.1. The summed E-state index contributed by atoms with van der Waals surface area (Å²) in [4.78, 5) is 21.7. The minimum atomic E-state index is -0.0288. The van der Waals surface area contributed by atoms with Crippen molar-refractivity contribution < 1.29 is 4.79 Å². The molecule has 7 heteroatoms. The molecule has 0 saturated carbocycles. The number of aromatic nitrogens is 1. The summed E-state index contributed by atoms with van der Waals surface area (Å²) in [5.41, 5.74) is 2.56. The summed E-state index contributed by atoms with van der Waals surface area (Å²) in [7, 11) is 4.06. The van der Waals surface area contributed by atoms with E-state index in [0.29, 0.717) is 22.3 Å². The number of carbonyl (C=O) groups is 1. The molecule has 0 bridgehead atoms. The number of benzene rings is 2. The number of aryl methyl sites for hydroxylation is 1. The second-order valence-electron chi connectivity index (χ2n) is 6.56. The van der Waals surface area contributed by atoms with Gasteiger partial charge in [0, 0.05) is 12.1 Å². The molecule has 27 heavy (non-hydrogen) atoms. The van der Waals surface area contributed by atoms with Crippen LogP contribution < -0.4 is 4.90 Å². The summed E-state index contributed by atoms with van der Waals surface area (Å²) in [6, 6.07) is 13.4. The van der Waals surface area contributed by atoms with Crippen LogP contribution in [-0.2, 0) is 0 Å². The van der Waals surface area contributed by atoms with Gasteiger partial charge in [-0.25, -0.2) is 4.98 Å². The molecular formula is C20H23Cl2N3OS. The number of thiazole rings is 1. The maximum Gasteiger partial charge on any atom is 0.260 e. The number of hydrogen-bond acceptors (Lipinski definition) is 4. The average molecular weight is 424 g/mol. The predicted molar refractivity (Wildman–Crippen MR) is 118 cm³/mol. The Morgan fingerprint density at radius 3 is 2.44 bits per heavy atom. The van der Waals surface area contributed by atoms with Gasteiger partial charge in [-0.1, -0.05) is 46.7 Å². The molecule has 1 aromatic heterocycles. The highest BCUT2D eigenvalue weighted by molar-refractivity contribution is 7.22. The Morgan fingerprint density at radius 2 is 1.81 bits per heavy atom. The van der Waals surface area contributed by atoms with Gasteiger partial charge in [-0.05, 0) is 58.3 Å². The quantitative estimate of drug-likeness (QED) is 0.540. The van der Waals surface area contributed by atoms with Crippen molar-refractivity contribution in [2.75, 3.05) is 32.1 Å². The first-order valence-electron chi connectivity index (χ1n) is 8.54. The topological polar surface area (TPSA) is 36.4 Å². The van der Waals surface area contributed by atoms with Gasteiger partial charge in [0.05, 0.1) is 9.72 Å². The zero-order valence-electron chi connectivity index (χ0n) is 15.6. The molecule has 2 aromatic carbocycles. The number of nitrogens with zero attached hydrogens (tertiary/aromatic N) is 3. The van der Waals surface area contributed by atoms with E-state index in [1.165, 1.54) is 11.3 Å². The summed E-state index contributed by atoms with van der Waals surface area (Å²) < 4.78 is 0.988. The van der Waals surface area contributed by atoms with Crippen molar-refractivity contribution in [2.24, 2.45) is 0 Å². The van der Waals surface area contributed by atoms with E-state index in [1.807, 2.05) is 63.5 Å². The van der Waals surface area contributed by atoms with Crippen LogP contribution in [0.1, 0.15) is 22.3 Å². The largest absolute Gasteiger partial charge is 0.309 e. The number of carbonyl (C=O) groups excluding carboxylic acids is 1. The summed E-state index contributed by atoms with van der Waals surface area (Å²) in [5.74, 6) is -0.0288. The lowest BCUT2D eigenvalue weighted by molar-refractivity contribution is 0.0986. The van der Waals surface area contributed by atoms with Crippen molar-refractivity contribution in [3.8, 4) is 0 Å². The minimum absolute atomic E-state index is 0. The van der Waals surface area contributed by atoms with Crippen LogP contribution in [0.15, 0.2) is 42.5 Å². The second kappa shape index (κ2) is 9.51. The molecule has 0 unspecified atom stereocenters. The average Bonchev–Trinajstić information content (AvgIpc) is 3.04. The Morgan fingerprint density at radius 1 is 1.11 bits per heavy atom. The molecule has 144 valence electrons. The van der Waals surface area contributed by atoms with Crippen LogP contribution in [0.2, 0.25) is 5.02 Å². The van der Waals surface area contributed by atoms with Gasteiger partial charge < -0.3 is 4.90 Å². The number of rotatable bonds is 6. The van der Waals surface area contributed by atoms with Gasteiger partial charge in [0.1, 0.15) is 5.52 Å². The molecule has 3 rings (SSSR count). The number of halogens is 2. The van der Waals surface area contributed by atoms with Crippen LogP contribution in [0.25, 0.3) is 10.2 Å². The lowest BCUT2D eigenvalue weighted by atomic mass is 10.1. The van der Waals surface area contributed by atoms with Crippen LogP contribution in [0.3, 0.4) is 0 Å². The molecule has 3 aromatic rings. The number of hydrogen-bond donors (Lipinski definition) is 0. The van der Waals surface area contributed by atoms with Crippen molar-refractivity contribution in [3.63, 3.8) is 0 Å². The first-order valence-corrected chi connectivity index (χ1v) is 9.73. The Kier molecular flexibility index (Phi) is 7.62. The lowest BCUT2D eigenvalue weighted by Crippen LogP contribution is -2.33. The molecule has 0 N–H and O–H groups in total. The molecule has 0 spiro atoms. The standard InChI is InChI=1S/C20H22ClN3OS.ClH/c1-14-8-10-15(11-9-14)19(25)24(13-5-12-23(2)3)20-22-18-16(21)6-4-7-17(18)26-20;/h4,6-11H,5,12-13H2,1-3H3;1H. The van der Waals surface area contributed by atoms with E-state index in [2.05, 4.69) is 9.88 Å². The van der Waals surface area contributed by atoms with Crippen LogP contribution in [0.4, 0.5) is 5.13 Å². The van der Waals surface area contributed by atoms with E-state index in [4.69, 9.17) is 11.6 Å². The minimum Gasteiger partial charge on any atom is -0.309 e. The molecule has 1 heterocycles. The number of amides is 1. The van der Waals surface area contributed by atoms with Crippen molar-refractivity contribution in [2.45, 2.75) is 13.3 Å². The normalized spacial score (nSPS) is 10.9. The van der Waals surface area contributed by atoms with Crippen molar-refractivity contribution in [3.05, 3.63) is 58.6 Å². The highest BCUT2D eigenvalue weighted by atomic mass is 35.5. The highest BCUT2D eigenvalue weighted by Crippen LogP contribution is 2.33. The van der Waals surface area contributed by atoms with Gasteiger partial charge in [0.2, 0.25) is 0 Å². The van der Waals surface area contributed by atoms with Gasteiger partial charge >= 0.3 is 0 Å². The van der Waals surface area contributed by atoms with Crippen molar-refractivity contribution in [1.29, 1.82) is 0 Å². The van der Waals surface area contributed by atoms with E-state index in [0.717, 1.165) is 28.7 Å². The molecule has 0 aliphatic carbocycles. The van der Waals surface area contributed by atoms with E-state index in [1.54, 1.807) is 4.90 Å². The molecular weight excluding hydrogens is 401 g/mol. The first-order chi connectivity index (χ1) is 12.5. The van der Waals surface area contributed by atoms with Gasteiger partial charge in [-0.3, -0.25) is 9.69 Å². The summed E-state index contributed by atoms with van der Waals surface area (Å²) in [5, 5.41) is 1.30. The molecule has 0 atom stereocenters. The van der Waals surface area contributed by atoms with E-state index >= 15 is 0 Å². The molecule has 0 fully saturated rings. The third kappa shape index (κ3) is 5.20. The van der Waals surface area contributed by atoms with Gasteiger partial charge in [0.15, 0.2) is 5.13 Å². The molecule has 4 nitrogen and oxygen atoms in total. The van der Waals surface area contributed by atoms with E-state index in [9.17, 15) is 4.79 Å². The van der Waals surface area contributed by atoms with Crippen LogP contribution in [-0.4, -0.2) is 43.0 Å². The summed E-state index contributed by atoms with van der Waals surface area (Å²) >= 11 is 7.77. The summed E-state index contributed by atoms with van der Waals surface area (Å²) in [6.45, 7) is 3.53. The second-order valence-corrected chi connectivity index (χ2v) is 7.98. The third-order valence-corrected chi connectivity index (χ3v) is 5.47. The zero-order valence-corrected chi connectivity index (χ0v) is 18.0. The molecule has 0 saturated heterocycles. The molecule has 1 amide bonds. The number of fused-ring (bicyclic) bond motifs is 1. The smallest absolute Gasteiger partial charge is 0.260 e. The molecule has 0 radical (unpaired) electrons. The van der Waals surface area contributed by atoms with Crippen molar-refractivity contribution in [1.82, 2.24) is 9.88 Å². The third-order valence-electron chi connectivity index (χ3n) is 4.12. The fraction of sp³-hybridized carbons (Fsp3) is 0.300. The zero-order chi connectivity index (χ0) is 18.7. The van der Waals surface area contributed by atoms with Gasteiger partial charge in [0.25, 0.3) is 5.91 Å². The SMILES string of the molecule is Cc1ccc(C(=O)N(CCCN(C)C)c2nc3c(Cl)cccc3s2)cc1.Cl. The number of para-hydroxylation sites is 1. The maximum atomic E-state index is 13.1. The Balaban J connectivity index is 0.00000261. The predicted octanol–water partition coefficient (Wildman–Crippen LogP) is 5.28. The molecule has 0 aliphatic heterocycles. The van der Waals surface area contributed by atoms with Gasteiger partial charge in [-0.2, -0.15) is 0 Å². The van der Waals surface area contributed by atoms with E-state index < -0.39 is 0 Å². The van der Waals surface area contributed by atoms with E-state index in [-0.39, 0.29) is 18.3 Å². The van der Waals surface area contributed by atoms with Crippen molar-refractivity contribution >= 4 is 56.6 Å². The Bertz CT molecular complexity index is 909. The fourth-order valence-electron chi connectivity index (χ4n) is 2.70. The monoisotopic (exact) mass is 423 g/mol. The Hall–Kier alpha value is -1.66. The number of anilines is 1. The molecule has 0 aliphatic rings. The van der Waals surface area contributed by atoms with Crippen LogP contribution >= 0.6 is 35.3 Å². The van der Waals surface area contributed by atoms with Gasteiger partial charge in [-0.15, -0.1) is 12.4 Å². The van der Waals surface area contributed by atoms with Crippen LogP contribution in [0, 0.1) is 6.92 Å². The lowest BCUT2D eigenvalue weighted by Gasteiger charge is -2.21. The fourth-order valence-corrected chi connectivity index (χ4v) is 3.99. The first kappa shape index (κ1) is 21.6. The Labute approximate surface area is 175 Å². The van der Waals surface area contributed by atoms with Crippen LogP contribution in [0.5, 0.6) is 0 Å².